The number of benzene rings is 2. The second-order valence-electron chi connectivity index (χ2n) is 4.85. The van der Waals surface area contributed by atoms with E-state index in [1.165, 1.54) is 31.2 Å². The summed E-state index contributed by atoms with van der Waals surface area (Å²) in [6, 6.07) is 14.1. The second-order valence-corrected chi connectivity index (χ2v) is 4.85. The summed E-state index contributed by atoms with van der Waals surface area (Å²) < 4.78 is 23.4. The molecule has 2 aromatic carbocycles. The fraction of sp³-hybridized carbons (Fsp3) is 0.176. The lowest BCUT2D eigenvalue weighted by atomic mass is 10.3. The molecule has 6 nitrogen and oxygen atoms in total. The summed E-state index contributed by atoms with van der Waals surface area (Å²) in [6.07, 6.45) is -0.870. The van der Waals surface area contributed by atoms with Crippen molar-refractivity contribution >= 4 is 11.8 Å². The number of amides is 2. The van der Waals surface area contributed by atoms with Crippen LogP contribution in [-0.2, 0) is 9.59 Å². The minimum atomic E-state index is -0.870. The Morgan fingerprint density at radius 3 is 2.33 bits per heavy atom. The van der Waals surface area contributed by atoms with Gasteiger partial charge >= 0.3 is 0 Å². The van der Waals surface area contributed by atoms with Gasteiger partial charge in [-0.2, -0.15) is 0 Å². The lowest BCUT2D eigenvalue weighted by molar-refractivity contribution is -0.133. The molecule has 0 aliphatic heterocycles. The number of halogens is 1. The SMILES string of the molecule is CC(Oc1ccc(F)cc1)C(=O)NNC(=O)COc1ccccc1. The Morgan fingerprint density at radius 1 is 1.00 bits per heavy atom. The number of hydrogen-bond donors (Lipinski definition) is 2. The molecule has 126 valence electrons. The van der Waals surface area contributed by atoms with Crippen LogP contribution in [0.4, 0.5) is 4.39 Å². The van der Waals surface area contributed by atoms with Crippen LogP contribution in [0.1, 0.15) is 6.92 Å². The van der Waals surface area contributed by atoms with E-state index in [1.54, 1.807) is 24.3 Å². The third-order valence-electron chi connectivity index (χ3n) is 2.93. The molecule has 0 saturated carbocycles. The predicted molar refractivity (Wildman–Crippen MR) is 84.7 cm³/mol. The van der Waals surface area contributed by atoms with Crippen LogP contribution in [0.15, 0.2) is 54.6 Å². The van der Waals surface area contributed by atoms with Crippen molar-refractivity contribution in [1.29, 1.82) is 0 Å². The minimum absolute atomic E-state index is 0.239. The summed E-state index contributed by atoms with van der Waals surface area (Å²) in [5, 5.41) is 0. The van der Waals surface area contributed by atoms with Crippen LogP contribution in [0.3, 0.4) is 0 Å². The molecule has 0 saturated heterocycles. The van der Waals surface area contributed by atoms with Gasteiger partial charge in [-0.3, -0.25) is 20.4 Å². The summed E-state index contributed by atoms with van der Waals surface area (Å²) in [4.78, 5) is 23.4. The molecule has 2 aromatic rings. The standard InChI is InChI=1S/C17H17FN2O4/c1-12(24-15-9-7-13(18)8-10-15)17(22)20-19-16(21)11-23-14-5-3-2-4-6-14/h2-10,12H,11H2,1H3,(H,19,21)(H,20,22). The average Bonchev–Trinajstić information content (AvgIpc) is 2.60. The van der Waals surface area contributed by atoms with Crippen molar-refractivity contribution in [3.8, 4) is 11.5 Å². The Morgan fingerprint density at radius 2 is 1.67 bits per heavy atom. The zero-order valence-corrected chi connectivity index (χ0v) is 13.0. The first kappa shape index (κ1) is 17.3. The highest BCUT2D eigenvalue weighted by atomic mass is 19.1. The topological polar surface area (TPSA) is 76.7 Å². The number of para-hydroxylation sites is 1. The number of carbonyl (C=O) groups excluding carboxylic acids is 2. The molecular formula is C17H17FN2O4. The molecule has 2 amide bonds. The van der Waals surface area contributed by atoms with Gasteiger partial charge in [-0.15, -0.1) is 0 Å². The van der Waals surface area contributed by atoms with Crippen LogP contribution in [0.2, 0.25) is 0 Å². The average molecular weight is 332 g/mol. The maximum atomic E-state index is 12.8. The van der Waals surface area contributed by atoms with Crippen LogP contribution in [-0.4, -0.2) is 24.5 Å². The summed E-state index contributed by atoms with van der Waals surface area (Å²) in [5.41, 5.74) is 4.46. The van der Waals surface area contributed by atoms with Gasteiger partial charge in [-0.05, 0) is 43.3 Å². The lowest BCUT2D eigenvalue weighted by Crippen LogP contribution is -2.48. The molecule has 0 aromatic heterocycles. The molecule has 0 aliphatic rings. The summed E-state index contributed by atoms with van der Waals surface area (Å²) in [5.74, 6) is -0.566. The highest BCUT2D eigenvalue weighted by Crippen LogP contribution is 2.12. The van der Waals surface area contributed by atoms with Crippen LogP contribution < -0.4 is 20.3 Å². The Labute approximate surface area is 138 Å². The van der Waals surface area contributed by atoms with Crippen molar-refractivity contribution < 1.29 is 23.5 Å². The zero-order valence-electron chi connectivity index (χ0n) is 13.0. The molecule has 0 spiro atoms. The van der Waals surface area contributed by atoms with Crippen LogP contribution in [0.5, 0.6) is 11.5 Å². The van der Waals surface area contributed by atoms with Crippen molar-refractivity contribution in [3.05, 3.63) is 60.4 Å². The monoisotopic (exact) mass is 332 g/mol. The Hall–Kier alpha value is -3.09. The van der Waals surface area contributed by atoms with Gasteiger partial charge in [0.05, 0.1) is 0 Å². The summed E-state index contributed by atoms with van der Waals surface area (Å²) in [6.45, 7) is 1.27. The largest absolute Gasteiger partial charge is 0.484 e. The summed E-state index contributed by atoms with van der Waals surface area (Å²) >= 11 is 0. The highest BCUT2D eigenvalue weighted by molar-refractivity contribution is 5.85. The normalized spacial score (nSPS) is 11.2. The fourth-order valence-electron chi connectivity index (χ4n) is 1.71. The van der Waals surface area contributed by atoms with Gasteiger partial charge in [0.15, 0.2) is 12.7 Å². The first-order valence-electron chi connectivity index (χ1n) is 7.23. The number of rotatable bonds is 6. The molecule has 1 atom stereocenters. The van der Waals surface area contributed by atoms with Crippen molar-refractivity contribution in [2.75, 3.05) is 6.61 Å². The molecular weight excluding hydrogens is 315 g/mol. The fourth-order valence-corrected chi connectivity index (χ4v) is 1.71. The molecule has 0 aliphatic carbocycles. The molecule has 0 radical (unpaired) electrons. The molecule has 0 bridgehead atoms. The molecule has 2 rings (SSSR count). The minimum Gasteiger partial charge on any atom is -0.484 e. The van der Waals surface area contributed by atoms with E-state index in [0.29, 0.717) is 11.5 Å². The molecule has 24 heavy (non-hydrogen) atoms. The Bertz CT molecular complexity index is 677. The number of carbonyl (C=O) groups is 2. The van der Waals surface area contributed by atoms with Crippen molar-refractivity contribution in [3.63, 3.8) is 0 Å². The van der Waals surface area contributed by atoms with Gasteiger partial charge in [-0.1, -0.05) is 18.2 Å². The van der Waals surface area contributed by atoms with Crippen LogP contribution in [0, 0.1) is 5.82 Å². The van der Waals surface area contributed by atoms with Gasteiger partial charge in [0, 0.05) is 0 Å². The summed E-state index contributed by atoms with van der Waals surface area (Å²) in [7, 11) is 0. The quantitative estimate of drug-likeness (QED) is 0.791. The van der Waals surface area contributed by atoms with Crippen LogP contribution >= 0.6 is 0 Å². The van der Waals surface area contributed by atoms with E-state index in [9.17, 15) is 14.0 Å². The van der Waals surface area contributed by atoms with Gasteiger partial charge in [0.2, 0.25) is 0 Å². The van der Waals surface area contributed by atoms with E-state index >= 15 is 0 Å². The first-order chi connectivity index (χ1) is 11.5. The molecule has 7 heteroatoms. The third kappa shape index (κ3) is 5.60. The van der Waals surface area contributed by atoms with Crippen LogP contribution in [0.25, 0.3) is 0 Å². The van der Waals surface area contributed by atoms with Gasteiger partial charge < -0.3 is 9.47 Å². The second kappa shape index (κ2) is 8.52. The van der Waals surface area contributed by atoms with E-state index in [4.69, 9.17) is 9.47 Å². The highest BCUT2D eigenvalue weighted by Gasteiger charge is 2.15. The number of hydrogen-bond acceptors (Lipinski definition) is 4. The number of ether oxygens (including phenoxy) is 2. The van der Waals surface area contributed by atoms with E-state index in [-0.39, 0.29) is 6.61 Å². The maximum absolute atomic E-state index is 12.8. The number of nitrogens with one attached hydrogen (secondary N) is 2. The first-order valence-corrected chi connectivity index (χ1v) is 7.23. The van der Waals surface area contributed by atoms with E-state index in [2.05, 4.69) is 10.9 Å². The van der Waals surface area contributed by atoms with E-state index < -0.39 is 23.7 Å². The smallest absolute Gasteiger partial charge is 0.279 e. The molecule has 0 heterocycles. The lowest BCUT2D eigenvalue weighted by Gasteiger charge is -2.15. The molecule has 2 N–H and O–H groups in total. The van der Waals surface area contributed by atoms with Gasteiger partial charge in [0.1, 0.15) is 17.3 Å². The predicted octanol–water partition coefficient (Wildman–Crippen LogP) is 1.82. The van der Waals surface area contributed by atoms with Crippen molar-refractivity contribution in [1.82, 2.24) is 10.9 Å². The zero-order chi connectivity index (χ0) is 17.4. The Balaban J connectivity index is 1.71. The van der Waals surface area contributed by atoms with E-state index in [1.807, 2.05) is 6.07 Å². The van der Waals surface area contributed by atoms with Crippen molar-refractivity contribution in [2.45, 2.75) is 13.0 Å². The van der Waals surface area contributed by atoms with E-state index in [0.717, 1.165) is 0 Å². The maximum Gasteiger partial charge on any atom is 0.279 e. The molecule has 1 unspecified atom stereocenters. The molecule has 0 fully saturated rings. The van der Waals surface area contributed by atoms with Gasteiger partial charge in [-0.25, -0.2) is 4.39 Å². The van der Waals surface area contributed by atoms with Gasteiger partial charge in [0.25, 0.3) is 11.8 Å². The Kier molecular flexibility index (Phi) is 6.13. The number of hydrazine groups is 1. The third-order valence-corrected chi connectivity index (χ3v) is 2.93. The van der Waals surface area contributed by atoms with Crippen molar-refractivity contribution in [2.24, 2.45) is 0 Å².